The Balaban J connectivity index is 1.44. The van der Waals surface area contributed by atoms with Crippen LogP contribution in [-0.4, -0.2) is 97.6 Å². The summed E-state index contributed by atoms with van der Waals surface area (Å²) < 4.78 is 10.7. The number of methoxy groups -OCH3 is 1. The van der Waals surface area contributed by atoms with Crippen molar-refractivity contribution in [2.45, 2.75) is 70.7 Å². The van der Waals surface area contributed by atoms with Crippen molar-refractivity contribution in [3.63, 3.8) is 0 Å². The molecule has 9 nitrogen and oxygen atoms in total. The molecule has 4 rings (SSSR count). The van der Waals surface area contributed by atoms with Crippen molar-refractivity contribution in [3.05, 3.63) is 0 Å². The van der Waals surface area contributed by atoms with Crippen molar-refractivity contribution in [2.24, 2.45) is 17.8 Å². The second-order valence-electron chi connectivity index (χ2n) is 10.4. The molecule has 4 aliphatic rings. The minimum Gasteiger partial charge on any atom is -0.453 e. The molecule has 3 aliphatic heterocycles. The monoisotopic (exact) mass is 451 g/mol. The Morgan fingerprint density at radius 3 is 2.53 bits per heavy atom. The molecule has 1 aliphatic carbocycles. The summed E-state index contributed by atoms with van der Waals surface area (Å²) in [7, 11) is 1.44. The maximum atomic E-state index is 13.0. The van der Waals surface area contributed by atoms with Gasteiger partial charge in [0.25, 0.3) is 0 Å². The van der Waals surface area contributed by atoms with Crippen LogP contribution >= 0.6 is 0 Å². The number of piperazine rings is 1. The maximum Gasteiger partial charge on any atom is 0.410 e. The number of amides is 2. The predicted octanol–water partition coefficient (Wildman–Crippen LogP) is 1.89. The van der Waals surface area contributed by atoms with Crippen LogP contribution in [0.15, 0.2) is 0 Å². The molecule has 0 aromatic carbocycles. The van der Waals surface area contributed by atoms with Gasteiger partial charge >= 0.3 is 12.2 Å². The molecule has 0 aromatic rings. The zero-order valence-corrected chi connectivity index (χ0v) is 20.1. The number of rotatable bonds is 4. The Morgan fingerprint density at radius 2 is 1.84 bits per heavy atom. The molecule has 0 radical (unpaired) electrons. The van der Waals surface area contributed by atoms with Crippen LogP contribution in [0.2, 0.25) is 0 Å². The highest BCUT2D eigenvalue weighted by atomic mass is 16.6. The van der Waals surface area contributed by atoms with Crippen molar-refractivity contribution in [3.8, 4) is 0 Å². The summed E-state index contributed by atoms with van der Waals surface area (Å²) in [4.78, 5) is 29.3. The van der Waals surface area contributed by atoms with E-state index >= 15 is 0 Å². The minimum atomic E-state index is -0.290. The van der Waals surface area contributed by atoms with E-state index in [2.05, 4.69) is 15.8 Å². The quantitative estimate of drug-likeness (QED) is 0.675. The van der Waals surface area contributed by atoms with Crippen LogP contribution in [0.1, 0.15) is 46.5 Å². The van der Waals surface area contributed by atoms with Crippen LogP contribution in [0, 0.1) is 17.8 Å². The highest BCUT2D eigenvalue weighted by molar-refractivity contribution is 5.72. The average Bonchev–Trinajstić information content (AvgIpc) is 3.44. The van der Waals surface area contributed by atoms with Gasteiger partial charge in [0.2, 0.25) is 0 Å². The minimum absolute atomic E-state index is 0.0165. The van der Waals surface area contributed by atoms with Crippen molar-refractivity contribution in [1.29, 1.82) is 0 Å². The van der Waals surface area contributed by atoms with Gasteiger partial charge in [-0.2, -0.15) is 0 Å². The molecule has 2 amide bonds. The molecule has 0 spiro atoms. The van der Waals surface area contributed by atoms with E-state index in [-0.39, 0.29) is 36.4 Å². The van der Waals surface area contributed by atoms with E-state index in [1.54, 1.807) is 0 Å². The first kappa shape index (κ1) is 23.6. The van der Waals surface area contributed by atoms with Crippen LogP contribution in [0.3, 0.4) is 0 Å². The van der Waals surface area contributed by atoms with Crippen molar-refractivity contribution in [2.75, 3.05) is 46.4 Å². The second-order valence-corrected chi connectivity index (χ2v) is 10.4. The normalized spacial score (nSPS) is 35.8. The largest absolute Gasteiger partial charge is 0.453 e. The number of hydrogen-bond acceptors (Lipinski definition) is 7. The standard InChI is InChI=1S/C23H41N5O4/c1-15(2)32-22(29)27-12-16(3)28(23(30)31-4)20-6-5-18(9-21(20)27)19-11-25-26(14-19)13-17-7-8-24-10-17/h15-21,24-25H,5-14H2,1-4H3/t16-,17-,18?,19?,20?,21?/m0/s1. The van der Waals surface area contributed by atoms with Gasteiger partial charge in [-0.1, -0.05) is 0 Å². The SMILES string of the molecule is COC(=O)N1C2CCC(C3CNN(C[C@H]4CCNC4)C3)CC2N(C(=O)OC(C)C)C[C@@H]1C. The molecule has 32 heavy (non-hydrogen) atoms. The summed E-state index contributed by atoms with van der Waals surface area (Å²) in [6, 6.07) is -0.135. The molecule has 2 N–H and O–H groups in total. The molecule has 6 atom stereocenters. The van der Waals surface area contributed by atoms with Crippen molar-refractivity contribution >= 4 is 12.2 Å². The lowest BCUT2D eigenvalue weighted by molar-refractivity contribution is -0.0444. The van der Waals surface area contributed by atoms with Gasteiger partial charge in [0.15, 0.2) is 0 Å². The fraction of sp³-hybridized carbons (Fsp3) is 0.913. The fourth-order valence-electron chi connectivity index (χ4n) is 6.28. The molecule has 3 saturated heterocycles. The predicted molar refractivity (Wildman–Crippen MR) is 121 cm³/mol. The maximum absolute atomic E-state index is 13.0. The zero-order chi connectivity index (χ0) is 22.8. The van der Waals surface area contributed by atoms with Gasteiger partial charge in [0.05, 0.1) is 31.3 Å². The summed E-state index contributed by atoms with van der Waals surface area (Å²) in [5.41, 5.74) is 3.62. The summed E-state index contributed by atoms with van der Waals surface area (Å²) in [5.74, 6) is 1.82. The third-order valence-corrected chi connectivity index (χ3v) is 7.81. The van der Waals surface area contributed by atoms with Crippen LogP contribution in [0.4, 0.5) is 9.59 Å². The van der Waals surface area contributed by atoms with E-state index in [1.165, 1.54) is 13.5 Å². The van der Waals surface area contributed by atoms with E-state index in [9.17, 15) is 9.59 Å². The third kappa shape index (κ3) is 4.99. The number of carbonyl (C=O) groups is 2. The Labute approximate surface area is 192 Å². The van der Waals surface area contributed by atoms with Gasteiger partial charge < -0.3 is 19.7 Å². The number of carbonyl (C=O) groups excluding carboxylic acids is 2. The van der Waals surface area contributed by atoms with Gasteiger partial charge in [0, 0.05) is 26.2 Å². The van der Waals surface area contributed by atoms with Crippen LogP contribution < -0.4 is 10.7 Å². The number of nitrogens with zero attached hydrogens (tertiary/aromatic N) is 3. The van der Waals surface area contributed by atoms with Gasteiger partial charge in [0.1, 0.15) is 0 Å². The zero-order valence-electron chi connectivity index (χ0n) is 20.1. The van der Waals surface area contributed by atoms with Gasteiger partial charge in [-0.15, -0.1) is 0 Å². The van der Waals surface area contributed by atoms with E-state index in [0.717, 1.165) is 57.9 Å². The number of fused-ring (bicyclic) bond motifs is 1. The van der Waals surface area contributed by atoms with Crippen molar-refractivity contribution < 1.29 is 19.1 Å². The van der Waals surface area contributed by atoms with E-state index in [1.807, 2.05) is 30.6 Å². The number of hydrogen-bond donors (Lipinski definition) is 2. The molecule has 4 unspecified atom stereocenters. The highest BCUT2D eigenvalue weighted by Gasteiger charge is 2.49. The van der Waals surface area contributed by atoms with Crippen LogP contribution in [-0.2, 0) is 9.47 Å². The van der Waals surface area contributed by atoms with Gasteiger partial charge in [-0.3, -0.25) is 10.3 Å². The van der Waals surface area contributed by atoms with E-state index in [4.69, 9.17) is 9.47 Å². The fourth-order valence-corrected chi connectivity index (χ4v) is 6.28. The van der Waals surface area contributed by atoms with Crippen LogP contribution in [0.5, 0.6) is 0 Å². The first-order valence-electron chi connectivity index (χ1n) is 12.4. The molecule has 1 saturated carbocycles. The molecular weight excluding hydrogens is 410 g/mol. The average molecular weight is 452 g/mol. The number of nitrogens with one attached hydrogen (secondary N) is 2. The van der Waals surface area contributed by atoms with Crippen molar-refractivity contribution in [1.82, 2.24) is 25.6 Å². The topological polar surface area (TPSA) is 86.4 Å². The molecule has 4 fully saturated rings. The Morgan fingerprint density at radius 1 is 1.03 bits per heavy atom. The smallest absolute Gasteiger partial charge is 0.410 e. The Hall–Kier alpha value is -1.58. The van der Waals surface area contributed by atoms with Crippen LogP contribution in [0.25, 0.3) is 0 Å². The molecule has 182 valence electrons. The molecule has 3 heterocycles. The van der Waals surface area contributed by atoms with Gasteiger partial charge in [-0.05, 0) is 77.3 Å². The second kappa shape index (κ2) is 10.1. The highest BCUT2D eigenvalue weighted by Crippen LogP contribution is 2.40. The summed E-state index contributed by atoms with van der Waals surface area (Å²) in [6.07, 6.45) is 3.41. The summed E-state index contributed by atoms with van der Waals surface area (Å²) in [5, 5.41) is 5.86. The van der Waals surface area contributed by atoms with E-state index in [0.29, 0.717) is 18.4 Å². The Kier molecular flexibility index (Phi) is 7.47. The molecular formula is C23H41N5O4. The molecule has 0 aromatic heterocycles. The number of hydrazine groups is 1. The molecule has 0 bridgehead atoms. The number of ether oxygens (including phenoxy) is 2. The summed E-state index contributed by atoms with van der Waals surface area (Å²) >= 11 is 0. The first-order chi connectivity index (χ1) is 15.4. The third-order valence-electron chi connectivity index (χ3n) is 7.81. The lowest BCUT2D eigenvalue weighted by Crippen LogP contribution is -2.67. The van der Waals surface area contributed by atoms with E-state index < -0.39 is 0 Å². The lowest BCUT2D eigenvalue weighted by Gasteiger charge is -2.53. The molecule has 9 heteroatoms. The Bertz CT molecular complexity index is 671. The summed E-state index contributed by atoms with van der Waals surface area (Å²) in [6.45, 7) is 11.6. The lowest BCUT2D eigenvalue weighted by atomic mass is 9.73. The first-order valence-corrected chi connectivity index (χ1v) is 12.4. The van der Waals surface area contributed by atoms with Gasteiger partial charge in [-0.25, -0.2) is 14.6 Å².